The van der Waals surface area contributed by atoms with Gasteiger partial charge in [-0.15, -0.1) is 34.3 Å². The maximum atomic E-state index is 11.7. The van der Waals surface area contributed by atoms with Crippen LogP contribution in [0.25, 0.3) is 0 Å². The highest BCUT2D eigenvalue weighted by Crippen LogP contribution is 2.41. The Kier molecular flexibility index (Phi) is 29.2. The quantitative estimate of drug-likeness (QED) is 0.0377. The number of aliphatic hydroxyl groups is 14. The molecular formula is C42H63N7O35S7. The Bertz CT molecular complexity index is 1940. The predicted molar refractivity (Wildman–Crippen MR) is 307 cm³/mol. The SMILES string of the molecule is O=NSC[C@@H]1O[C@@H]2O[C@H]3[C@H](O)[C@@H](O)[C@@H](O[C@H]4[C@@H](O)[C@@H](O)[C@@H](O[C@H]5[C@H](O)[C@H](O)[C@@H](O[C@H]6[C@@H](O)[C@H](O)[C@@H](O[C@H]7[C@H](O)[C@@H](O)[C@@H](O[C@H]8[C@H](O)[C@@H](O)[C@@H](O[C@H]1[C@H](O)[C@H]2O)O[C@H]8CSN=O)O[C@@H]7CSN=O)O[C@@H]6CSN=O)O[C@@H]5CSN=O)O[C@@H]4CSN=O)O[C@H]3CSN=O. The third kappa shape index (κ3) is 17.5. The van der Waals surface area contributed by atoms with Crippen LogP contribution in [0.3, 0.4) is 0 Å². The maximum Gasteiger partial charge on any atom is 0.187 e. The van der Waals surface area contributed by atoms with Crippen molar-refractivity contribution in [3.63, 3.8) is 0 Å². The van der Waals surface area contributed by atoms with Crippen LogP contribution in [0, 0.1) is 34.3 Å². The van der Waals surface area contributed by atoms with Crippen LogP contribution in [0.4, 0.5) is 0 Å². The van der Waals surface area contributed by atoms with Gasteiger partial charge in [-0.25, -0.2) is 0 Å². The molecule has 0 aromatic rings. The molecule has 35 atom stereocenters. The summed E-state index contributed by atoms with van der Waals surface area (Å²) in [6.07, 6.45) is -70.9. The fourth-order valence-corrected chi connectivity index (χ4v) is 14.4. The highest BCUT2D eigenvalue weighted by molar-refractivity contribution is 7.99. The van der Waals surface area contributed by atoms with E-state index in [9.17, 15) is 106 Å². The number of hydrogen-bond donors (Lipinski definition) is 14. The molecule has 49 heteroatoms. The predicted octanol–water partition coefficient (Wildman–Crippen LogP) is -5.27. The second-order valence-electron chi connectivity index (χ2n) is 21.0. The van der Waals surface area contributed by atoms with Crippen LogP contribution in [0.1, 0.15) is 0 Å². The van der Waals surface area contributed by atoms with E-state index >= 15 is 0 Å². The lowest BCUT2D eigenvalue weighted by Crippen LogP contribution is -2.68. The average Bonchev–Trinajstić information content (AvgIpc) is 0.799. The zero-order valence-electron chi connectivity index (χ0n) is 46.0. The summed E-state index contributed by atoms with van der Waals surface area (Å²) in [5.74, 6) is -3.90. The monoisotopic (exact) mass is 1450 g/mol. The molecular weight excluding hydrogens is 1390 g/mol. The van der Waals surface area contributed by atoms with Crippen LogP contribution < -0.4 is 0 Å². The first-order chi connectivity index (χ1) is 43.7. The van der Waals surface area contributed by atoms with Gasteiger partial charge in [-0.05, 0) is 0 Å². The summed E-state index contributed by atoms with van der Waals surface area (Å²) in [6, 6.07) is 0. The molecule has 0 aromatic heterocycles. The molecule has 0 unspecified atom stereocenters. The third-order valence-corrected chi connectivity index (χ3v) is 19.6. The minimum absolute atomic E-state index is 0.278. The van der Waals surface area contributed by atoms with Crippen molar-refractivity contribution in [3.8, 4) is 0 Å². The van der Waals surface area contributed by atoms with Gasteiger partial charge in [0.1, 0.15) is 171 Å². The van der Waals surface area contributed by atoms with Gasteiger partial charge >= 0.3 is 0 Å². The molecule has 91 heavy (non-hydrogen) atoms. The highest BCUT2D eigenvalue weighted by Gasteiger charge is 2.60. The van der Waals surface area contributed by atoms with E-state index in [4.69, 9.17) is 66.3 Å². The second-order valence-corrected chi connectivity index (χ2v) is 26.1. The summed E-state index contributed by atoms with van der Waals surface area (Å²) in [5, 5.41) is 163. The molecule has 0 saturated carbocycles. The largest absolute Gasteiger partial charge is 0.387 e. The molecule has 0 radical (unpaired) electrons. The van der Waals surface area contributed by atoms with Gasteiger partial charge in [0.15, 0.2) is 44.0 Å². The van der Waals surface area contributed by atoms with Gasteiger partial charge in [-0.3, -0.25) is 0 Å². The molecule has 21 fully saturated rings. The van der Waals surface area contributed by atoms with Crippen LogP contribution >= 0.6 is 83.6 Å². The zero-order chi connectivity index (χ0) is 66.0. The minimum Gasteiger partial charge on any atom is -0.387 e. The number of nitroso groups, excluding NO2 is 7. The molecule has 21 aliphatic heterocycles. The summed E-state index contributed by atoms with van der Waals surface area (Å²) >= 11 is 1.95. The van der Waals surface area contributed by atoms with Crippen molar-refractivity contribution in [2.24, 2.45) is 32.1 Å². The van der Waals surface area contributed by atoms with Crippen molar-refractivity contribution in [1.82, 2.24) is 0 Å². The van der Waals surface area contributed by atoms with Crippen molar-refractivity contribution < 1.29 is 138 Å². The van der Waals surface area contributed by atoms with Crippen LogP contribution in [-0.2, 0) is 66.3 Å². The van der Waals surface area contributed by atoms with Gasteiger partial charge in [0.25, 0.3) is 0 Å². The van der Waals surface area contributed by atoms with Gasteiger partial charge in [0.2, 0.25) is 0 Å². The Morgan fingerprint density at radius 3 is 0.396 bits per heavy atom. The summed E-state index contributed by atoms with van der Waals surface area (Å²) in [5.41, 5.74) is 0. The second kappa shape index (κ2) is 35.3. The Hall–Kier alpha value is -1.47. The van der Waals surface area contributed by atoms with Gasteiger partial charge < -0.3 is 138 Å². The lowest BCUT2D eigenvalue weighted by atomic mass is 9.95. The van der Waals surface area contributed by atoms with Crippen molar-refractivity contribution in [1.29, 1.82) is 0 Å². The van der Waals surface area contributed by atoms with E-state index in [1.807, 2.05) is 0 Å². The maximum absolute atomic E-state index is 11.7. The first kappa shape index (κ1) is 75.3. The lowest BCUT2D eigenvalue weighted by Gasteiger charge is -2.50. The number of rotatable bonds is 21. The highest BCUT2D eigenvalue weighted by atomic mass is 32.2. The fourth-order valence-electron chi connectivity index (χ4n) is 11.1. The van der Waals surface area contributed by atoms with Gasteiger partial charge in [-0.2, -0.15) is 0 Å². The van der Waals surface area contributed by atoms with Gasteiger partial charge in [0, 0.05) is 156 Å². The molecule has 14 bridgehead atoms. The van der Waals surface area contributed by atoms with E-state index in [0.717, 1.165) is 0 Å². The number of hydrogen-bond acceptors (Lipinski definition) is 49. The van der Waals surface area contributed by atoms with E-state index in [1.54, 1.807) is 0 Å². The molecule has 21 heterocycles. The summed E-state index contributed by atoms with van der Waals surface area (Å²) in [7, 11) is 0. The zero-order valence-corrected chi connectivity index (χ0v) is 51.7. The number of ether oxygens (including phenoxy) is 14. The summed E-state index contributed by atoms with van der Waals surface area (Å²) in [4.78, 5) is 80.4. The summed E-state index contributed by atoms with van der Waals surface area (Å²) in [6.45, 7) is 0. The third-order valence-electron chi connectivity index (χ3n) is 15.6. The molecule has 21 aliphatic rings. The number of aliphatic hydroxyl groups excluding tert-OH is 14. The van der Waals surface area contributed by atoms with E-state index < -0.39 is 255 Å². The molecule has 21 rings (SSSR count). The topological polar surface area (TPSA) is 618 Å². The molecule has 14 N–H and O–H groups in total. The Morgan fingerprint density at radius 2 is 0.297 bits per heavy atom. The van der Waals surface area contributed by atoms with E-state index in [1.165, 1.54) is 0 Å². The first-order valence-electron chi connectivity index (χ1n) is 27.0. The van der Waals surface area contributed by atoms with E-state index in [0.29, 0.717) is 0 Å². The fraction of sp³-hybridized carbons (Fsp3) is 1.00. The molecule has 0 spiro atoms. The smallest absolute Gasteiger partial charge is 0.187 e. The summed E-state index contributed by atoms with van der Waals surface area (Å²) < 4.78 is 102. The molecule has 42 nitrogen and oxygen atoms in total. The molecule has 0 aliphatic carbocycles. The molecule has 0 amide bonds. The van der Waals surface area contributed by atoms with E-state index in [-0.39, 0.29) is 83.6 Å². The van der Waals surface area contributed by atoms with Crippen molar-refractivity contribution in [2.45, 2.75) is 215 Å². The lowest BCUT2D eigenvalue weighted by molar-refractivity contribution is -0.389. The van der Waals surface area contributed by atoms with Crippen LogP contribution in [0.15, 0.2) is 32.1 Å². The molecule has 21 saturated heterocycles. The van der Waals surface area contributed by atoms with Crippen LogP contribution in [0.2, 0.25) is 0 Å². The minimum atomic E-state index is -2.27. The standard InChI is InChI=1S/C42H63N7O35S7/c50-15-22(57)36-71-8(1-85-43-64)29(15)78-37-23(58)16(51)31(10(72-37)3-87-45-66)80-39-25(60)18(53)33(12(74-39)5-89-47-68)82-41-27(62)20(55)35(14(76-41)7-91-49-70)84-42-28(63)21(56)34(13(77-42)6-90-48-69)83-40-26(61)19(54)32(11(75-40)4-88-46-67)81-38-24(59)17(52)30(79-36)9(73-38)2-86-44-65/h8-42,50-63H,1-7H2/t8-,9-,10-,11-,12+,13+,14+,15-,16+,17+,18-,19-,20-,21-,22+,23-,24+,25-,26-,27-,28-,29-,30-,31-,32-,33-,34-,35-,36-,37-,38-,39-,40-,41-,42-/m1/s1. The van der Waals surface area contributed by atoms with Crippen molar-refractivity contribution in [2.75, 3.05) is 40.3 Å². The first-order valence-corrected chi connectivity index (χ1v) is 33.6. The Balaban J connectivity index is 1.15. The van der Waals surface area contributed by atoms with Gasteiger partial charge in [-0.1, -0.05) is 0 Å². The Labute approximate surface area is 540 Å². The molecule has 518 valence electrons. The van der Waals surface area contributed by atoms with Crippen molar-refractivity contribution >= 4 is 83.6 Å². The van der Waals surface area contributed by atoms with Crippen LogP contribution in [0.5, 0.6) is 0 Å². The van der Waals surface area contributed by atoms with Gasteiger partial charge in [0.05, 0.1) is 0 Å². The average molecular weight is 1450 g/mol. The normalized spacial score (nSPS) is 48.3. The van der Waals surface area contributed by atoms with Crippen LogP contribution in [-0.4, -0.2) is 327 Å². The van der Waals surface area contributed by atoms with E-state index in [2.05, 4.69) is 32.1 Å². The Morgan fingerprint density at radius 1 is 0.187 bits per heavy atom. The molecule has 0 aromatic carbocycles. The van der Waals surface area contributed by atoms with Crippen molar-refractivity contribution in [3.05, 3.63) is 34.3 Å². The number of nitrogens with zero attached hydrogens (tertiary/aromatic N) is 7.